The lowest BCUT2D eigenvalue weighted by Crippen LogP contribution is -2.54. The Kier molecular flexibility index (Phi) is 8.15. The van der Waals surface area contributed by atoms with Crippen LogP contribution in [0.15, 0.2) is 36.4 Å². The van der Waals surface area contributed by atoms with Gasteiger partial charge in [0.1, 0.15) is 11.5 Å². The molecule has 5 nitrogen and oxygen atoms in total. The molecular formula is C27H37F3N2O3Si. The molecule has 0 bridgehead atoms. The van der Waals surface area contributed by atoms with Crippen molar-refractivity contribution in [2.24, 2.45) is 0 Å². The number of alkyl halides is 3. The Hall–Kier alpha value is -2.52. The summed E-state index contributed by atoms with van der Waals surface area (Å²) in [5, 5.41) is 3.36. The fourth-order valence-corrected chi connectivity index (χ4v) is 5.04. The van der Waals surface area contributed by atoms with Crippen LogP contribution in [-0.4, -0.2) is 51.9 Å². The highest BCUT2D eigenvalue weighted by atomic mass is 28.4. The zero-order chi connectivity index (χ0) is 26.9. The molecule has 2 aromatic rings. The van der Waals surface area contributed by atoms with Gasteiger partial charge in [-0.25, -0.2) is 0 Å². The van der Waals surface area contributed by atoms with Crippen molar-refractivity contribution >= 4 is 14.2 Å². The van der Waals surface area contributed by atoms with E-state index in [1.165, 1.54) is 13.2 Å². The van der Waals surface area contributed by atoms with Crippen LogP contribution in [0, 0.1) is 6.92 Å². The zero-order valence-electron chi connectivity index (χ0n) is 22.2. The topological polar surface area (TPSA) is 50.8 Å². The van der Waals surface area contributed by atoms with E-state index in [4.69, 9.17) is 9.16 Å². The molecule has 9 heteroatoms. The van der Waals surface area contributed by atoms with Gasteiger partial charge in [0.15, 0.2) is 0 Å². The van der Waals surface area contributed by atoms with Crippen LogP contribution in [0.25, 0.3) is 0 Å². The van der Waals surface area contributed by atoms with Crippen LogP contribution in [0.5, 0.6) is 11.5 Å². The number of aryl methyl sites for hydroxylation is 1. The van der Waals surface area contributed by atoms with Gasteiger partial charge in [-0.3, -0.25) is 4.79 Å². The zero-order valence-corrected chi connectivity index (χ0v) is 23.2. The standard InChI is InChI=1S/C27H37F3N2O3Si/c1-18-8-9-19(13-24(18)35-36(6,7)26(2,3)4)12-22-17-31-10-11-32(22)25(33)20-14-21(27(28,29)30)16-23(15-20)34-5/h8-9,13-16,22,31H,10-12,17H2,1-7H3/t22-/m1/s1. The molecule has 0 aromatic heterocycles. The van der Waals surface area contributed by atoms with Crippen molar-refractivity contribution in [3.63, 3.8) is 0 Å². The second-order valence-corrected chi connectivity index (χ2v) is 15.7. The average molecular weight is 523 g/mol. The molecule has 1 amide bonds. The molecule has 0 unspecified atom stereocenters. The number of nitrogens with zero attached hydrogens (tertiary/aromatic N) is 1. The summed E-state index contributed by atoms with van der Waals surface area (Å²) in [7, 11) is -0.749. The summed E-state index contributed by atoms with van der Waals surface area (Å²) >= 11 is 0. The number of rotatable bonds is 6. The lowest BCUT2D eigenvalue weighted by Gasteiger charge is -2.38. The second kappa shape index (κ2) is 10.5. The summed E-state index contributed by atoms with van der Waals surface area (Å²) in [5.41, 5.74) is 1.14. The van der Waals surface area contributed by atoms with Crippen molar-refractivity contribution < 1.29 is 27.1 Å². The van der Waals surface area contributed by atoms with Gasteiger partial charge < -0.3 is 19.4 Å². The molecule has 198 valence electrons. The molecule has 1 saturated heterocycles. The van der Waals surface area contributed by atoms with Gasteiger partial charge in [0.2, 0.25) is 8.32 Å². The predicted molar refractivity (Wildman–Crippen MR) is 138 cm³/mol. The van der Waals surface area contributed by atoms with Crippen LogP contribution in [0.4, 0.5) is 13.2 Å². The normalized spacial score (nSPS) is 17.2. The fourth-order valence-electron chi connectivity index (χ4n) is 3.96. The number of methoxy groups -OCH3 is 1. The second-order valence-electron chi connectivity index (χ2n) is 11.0. The van der Waals surface area contributed by atoms with E-state index in [1.807, 2.05) is 25.1 Å². The summed E-state index contributed by atoms with van der Waals surface area (Å²) < 4.78 is 51.9. The maximum absolute atomic E-state index is 13.4. The van der Waals surface area contributed by atoms with Gasteiger partial charge in [0, 0.05) is 31.2 Å². The number of piperazine rings is 1. The SMILES string of the molecule is COc1cc(C(=O)N2CCNC[C@H]2Cc2ccc(C)c(O[Si](C)(C)C(C)(C)C)c2)cc(C(F)(F)F)c1. The molecule has 1 aliphatic heterocycles. The third-order valence-corrected chi connectivity index (χ3v) is 11.6. The third kappa shape index (κ3) is 6.42. The third-order valence-electron chi connectivity index (χ3n) is 7.22. The van der Waals surface area contributed by atoms with E-state index in [2.05, 4.69) is 39.2 Å². The molecule has 0 spiro atoms. The van der Waals surface area contributed by atoms with Crippen LogP contribution in [-0.2, 0) is 12.6 Å². The van der Waals surface area contributed by atoms with E-state index in [9.17, 15) is 18.0 Å². The molecule has 36 heavy (non-hydrogen) atoms. The molecule has 1 atom stereocenters. The monoisotopic (exact) mass is 522 g/mol. The Labute approximate surface area is 213 Å². The van der Waals surface area contributed by atoms with Crippen LogP contribution in [0.2, 0.25) is 18.1 Å². The average Bonchev–Trinajstić information content (AvgIpc) is 2.79. The fraction of sp³-hybridized carbons (Fsp3) is 0.519. The molecule has 0 saturated carbocycles. The highest BCUT2D eigenvalue weighted by Gasteiger charge is 2.39. The Morgan fingerprint density at radius 1 is 1.14 bits per heavy atom. The molecule has 0 aliphatic carbocycles. The molecule has 1 N–H and O–H groups in total. The number of hydrogen-bond donors (Lipinski definition) is 1. The van der Waals surface area contributed by atoms with Crippen molar-refractivity contribution in [3.8, 4) is 11.5 Å². The maximum atomic E-state index is 13.4. The Morgan fingerprint density at radius 3 is 2.44 bits per heavy atom. The molecule has 0 radical (unpaired) electrons. The van der Waals surface area contributed by atoms with Crippen LogP contribution in [0.1, 0.15) is 47.8 Å². The quantitative estimate of drug-likeness (QED) is 0.469. The van der Waals surface area contributed by atoms with E-state index >= 15 is 0 Å². The molecule has 1 aliphatic rings. The summed E-state index contributed by atoms with van der Waals surface area (Å²) in [6.45, 7) is 14.5. The Morgan fingerprint density at radius 2 is 1.83 bits per heavy atom. The molecular weight excluding hydrogens is 485 g/mol. The number of benzene rings is 2. The van der Waals surface area contributed by atoms with Gasteiger partial charge >= 0.3 is 6.18 Å². The molecule has 2 aromatic carbocycles. The number of nitrogens with one attached hydrogen (secondary N) is 1. The van der Waals surface area contributed by atoms with Crippen molar-refractivity contribution in [1.82, 2.24) is 10.2 Å². The largest absolute Gasteiger partial charge is 0.543 e. The minimum atomic E-state index is -4.57. The number of amides is 1. The minimum absolute atomic E-state index is 0.00538. The Bertz CT molecular complexity index is 1100. The van der Waals surface area contributed by atoms with E-state index in [0.717, 1.165) is 29.0 Å². The number of ether oxygens (including phenoxy) is 1. The van der Waals surface area contributed by atoms with E-state index < -0.39 is 26.0 Å². The van der Waals surface area contributed by atoms with Gasteiger partial charge in [-0.1, -0.05) is 32.9 Å². The highest BCUT2D eigenvalue weighted by Crippen LogP contribution is 2.38. The van der Waals surface area contributed by atoms with E-state index in [0.29, 0.717) is 26.1 Å². The van der Waals surface area contributed by atoms with E-state index in [1.54, 1.807) is 4.90 Å². The number of hydrogen-bond acceptors (Lipinski definition) is 4. The van der Waals surface area contributed by atoms with Gasteiger partial charge in [0.05, 0.1) is 12.7 Å². The van der Waals surface area contributed by atoms with Crippen molar-refractivity contribution in [2.45, 2.75) is 64.5 Å². The van der Waals surface area contributed by atoms with Gasteiger partial charge in [0.25, 0.3) is 5.91 Å². The molecule has 1 fully saturated rings. The van der Waals surface area contributed by atoms with Crippen LogP contribution >= 0.6 is 0 Å². The number of carbonyl (C=O) groups is 1. The van der Waals surface area contributed by atoms with Crippen molar-refractivity contribution in [3.05, 3.63) is 58.7 Å². The van der Waals surface area contributed by atoms with Gasteiger partial charge in [-0.15, -0.1) is 0 Å². The van der Waals surface area contributed by atoms with Crippen LogP contribution in [0.3, 0.4) is 0 Å². The highest BCUT2D eigenvalue weighted by molar-refractivity contribution is 6.74. The molecule has 1 heterocycles. The number of carbonyl (C=O) groups excluding carboxylic acids is 1. The first-order valence-corrected chi connectivity index (χ1v) is 15.1. The van der Waals surface area contributed by atoms with Gasteiger partial charge in [-0.05, 0) is 66.9 Å². The maximum Gasteiger partial charge on any atom is 0.416 e. The van der Waals surface area contributed by atoms with Crippen molar-refractivity contribution in [1.29, 1.82) is 0 Å². The summed E-state index contributed by atoms with van der Waals surface area (Å²) in [6, 6.07) is 9.06. The van der Waals surface area contributed by atoms with E-state index in [-0.39, 0.29) is 22.4 Å². The Balaban J connectivity index is 1.87. The summed E-state index contributed by atoms with van der Waals surface area (Å²) in [5.74, 6) is 0.421. The number of halogens is 3. The van der Waals surface area contributed by atoms with Gasteiger partial charge in [-0.2, -0.15) is 13.2 Å². The minimum Gasteiger partial charge on any atom is -0.543 e. The first-order chi connectivity index (χ1) is 16.6. The first kappa shape index (κ1) is 28.1. The lowest BCUT2D eigenvalue weighted by molar-refractivity contribution is -0.137. The lowest BCUT2D eigenvalue weighted by atomic mass is 10.00. The first-order valence-electron chi connectivity index (χ1n) is 12.2. The van der Waals surface area contributed by atoms with Crippen molar-refractivity contribution in [2.75, 3.05) is 26.7 Å². The van der Waals surface area contributed by atoms with Crippen LogP contribution < -0.4 is 14.5 Å². The summed E-state index contributed by atoms with van der Waals surface area (Å²) in [6.07, 6.45) is -4.02. The molecule has 3 rings (SSSR count). The predicted octanol–water partition coefficient (Wildman–Crippen LogP) is 6.06. The smallest absolute Gasteiger partial charge is 0.416 e. The summed E-state index contributed by atoms with van der Waals surface area (Å²) in [4.78, 5) is 15.1.